The maximum absolute atomic E-state index is 12.8. The molecule has 4 aliphatic carbocycles. The number of carbonyl (C=O) groups is 1. The minimum Gasteiger partial charge on any atom is -0.379 e. The van der Waals surface area contributed by atoms with Crippen LogP contribution in [0.2, 0.25) is 0 Å². The first-order chi connectivity index (χ1) is 15.4. The molecule has 4 saturated carbocycles. The highest BCUT2D eigenvalue weighted by Crippen LogP contribution is 2.59. The van der Waals surface area contributed by atoms with Crippen molar-refractivity contribution in [3.05, 3.63) is 35.4 Å². The maximum atomic E-state index is 12.8. The van der Waals surface area contributed by atoms with Gasteiger partial charge in [0.05, 0.1) is 19.0 Å². The van der Waals surface area contributed by atoms with Crippen LogP contribution in [-0.2, 0) is 27.1 Å². The molecule has 5 aliphatic rings. The molecule has 0 atom stereocenters. The van der Waals surface area contributed by atoms with Gasteiger partial charge in [0.2, 0.25) is 10.0 Å². The van der Waals surface area contributed by atoms with Crippen molar-refractivity contribution in [1.29, 1.82) is 0 Å². The summed E-state index contributed by atoms with van der Waals surface area (Å²) < 4.78 is 32.4. The smallest absolute Gasteiger partial charge is 0.315 e. The lowest BCUT2D eigenvalue weighted by atomic mass is 9.49. The van der Waals surface area contributed by atoms with Gasteiger partial charge in [0.1, 0.15) is 0 Å². The van der Waals surface area contributed by atoms with E-state index in [4.69, 9.17) is 4.74 Å². The number of benzene rings is 1. The third kappa shape index (κ3) is 4.82. The lowest BCUT2D eigenvalue weighted by molar-refractivity contribution is -0.0498. The Bertz CT molecular complexity index is 907. The normalized spacial score (nSPS) is 32.1. The topological polar surface area (TPSA) is 87.7 Å². The van der Waals surface area contributed by atoms with Crippen molar-refractivity contribution in [1.82, 2.24) is 14.9 Å². The van der Waals surface area contributed by atoms with Crippen LogP contribution in [0, 0.1) is 23.2 Å². The average Bonchev–Trinajstić information content (AvgIpc) is 2.77. The van der Waals surface area contributed by atoms with Crippen molar-refractivity contribution >= 4 is 16.1 Å². The molecule has 0 radical (unpaired) electrons. The number of rotatable bonds is 7. The van der Waals surface area contributed by atoms with Crippen molar-refractivity contribution in [2.75, 3.05) is 32.8 Å². The molecule has 0 spiro atoms. The van der Waals surface area contributed by atoms with Crippen molar-refractivity contribution in [3.63, 3.8) is 0 Å². The van der Waals surface area contributed by atoms with Gasteiger partial charge in [0.15, 0.2) is 0 Å². The Labute approximate surface area is 191 Å². The third-order valence-corrected chi connectivity index (χ3v) is 9.88. The van der Waals surface area contributed by atoms with Crippen molar-refractivity contribution in [3.8, 4) is 0 Å². The summed E-state index contributed by atoms with van der Waals surface area (Å²) >= 11 is 0. The summed E-state index contributed by atoms with van der Waals surface area (Å²) in [5.41, 5.74) is 1.88. The van der Waals surface area contributed by atoms with Crippen LogP contribution in [0.15, 0.2) is 24.3 Å². The molecule has 2 amide bonds. The van der Waals surface area contributed by atoms with E-state index in [0.29, 0.717) is 38.3 Å². The predicted octanol–water partition coefficient (Wildman–Crippen LogP) is 2.86. The standard InChI is InChI=1S/C24H35N3O4S/c28-23(26-17-24-12-18-9-19(13-24)11-20(10-18)14-24)25-15-21-3-1-2-4-22(21)16-32(29,30)27-5-7-31-8-6-27/h1-4,18-20H,5-17H2,(H2,25,26,28). The number of hydrogen-bond donors (Lipinski definition) is 2. The highest BCUT2D eigenvalue weighted by atomic mass is 32.2. The molecule has 1 aliphatic heterocycles. The zero-order valence-electron chi connectivity index (χ0n) is 18.7. The molecular weight excluding hydrogens is 426 g/mol. The highest BCUT2D eigenvalue weighted by Gasteiger charge is 2.50. The minimum absolute atomic E-state index is 0.0558. The van der Waals surface area contributed by atoms with Crippen LogP contribution in [0.25, 0.3) is 0 Å². The highest BCUT2D eigenvalue weighted by molar-refractivity contribution is 7.88. The number of sulfonamides is 1. The van der Waals surface area contributed by atoms with Crippen LogP contribution >= 0.6 is 0 Å². The summed E-state index contributed by atoms with van der Waals surface area (Å²) in [5.74, 6) is 2.55. The summed E-state index contributed by atoms with van der Waals surface area (Å²) in [5, 5.41) is 6.10. The number of amides is 2. The Balaban J connectivity index is 1.15. The fraction of sp³-hybridized carbons (Fsp3) is 0.708. The molecule has 0 unspecified atom stereocenters. The molecule has 8 heteroatoms. The Kier molecular flexibility index (Phi) is 6.20. The Morgan fingerprint density at radius 3 is 2.19 bits per heavy atom. The third-order valence-electron chi connectivity index (χ3n) is 8.05. The van der Waals surface area contributed by atoms with Crippen LogP contribution in [-0.4, -0.2) is 51.6 Å². The average molecular weight is 462 g/mol. The lowest BCUT2D eigenvalue weighted by Crippen LogP contribution is -2.52. The lowest BCUT2D eigenvalue weighted by Gasteiger charge is -2.56. The van der Waals surface area contributed by atoms with E-state index in [0.717, 1.165) is 35.4 Å². The van der Waals surface area contributed by atoms with Gasteiger partial charge in [-0.1, -0.05) is 24.3 Å². The quantitative estimate of drug-likeness (QED) is 0.654. The molecule has 0 aromatic heterocycles. The largest absolute Gasteiger partial charge is 0.379 e. The Morgan fingerprint density at radius 2 is 1.56 bits per heavy atom. The molecule has 2 N–H and O–H groups in total. The summed E-state index contributed by atoms with van der Waals surface area (Å²) in [6, 6.07) is 7.30. The molecule has 6 rings (SSSR count). The summed E-state index contributed by atoms with van der Waals surface area (Å²) in [6.07, 6.45) is 7.99. The van der Waals surface area contributed by atoms with Gasteiger partial charge in [-0.2, -0.15) is 4.31 Å². The molecule has 1 aromatic rings. The SMILES string of the molecule is O=C(NCc1ccccc1CS(=O)(=O)N1CCOCC1)NCC12CC3CC(CC(C3)C1)C2. The molecule has 4 bridgehead atoms. The Morgan fingerprint density at radius 1 is 0.969 bits per heavy atom. The molecular formula is C24H35N3O4S. The van der Waals surface area contributed by atoms with E-state index in [-0.39, 0.29) is 11.8 Å². The van der Waals surface area contributed by atoms with Crippen molar-refractivity contribution in [2.24, 2.45) is 23.2 Å². The number of urea groups is 1. The van der Waals surface area contributed by atoms with Gasteiger partial charge in [0, 0.05) is 26.2 Å². The molecule has 5 fully saturated rings. The van der Waals surface area contributed by atoms with E-state index in [1.54, 1.807) is 0 Å². The second-order valence-electron chi connectivity index (χ2n) is 10.5. The van der Waals surface area contributed by atoms with E-state index in [2.05, 4.69) is 10.6 Å². The first-order valence-corrected chi connectivity index (χ1v) is 13.7. The summed E-state index contributed by atoms with van der Waals surface area (Å²) in [4.78, 5) is 12.6. The van der Waals surface area contributed by atoms with E-state index < -0.39 is 10.0 Å². The van der Waals surface area contributed by atoms with E-state index in [1.165, 1.54) is 42.8 Å². The number of hydrogen-bond acceptors (Lipinski definition) is 4. The number of carbonyl (C=O) groups excluding carboxylic acids is 1. The minimum atomic E-state index is -3.41. The van der Waals surface area contributed by atoms with Crippen molar-refractivity contribution < 1.29 is 17.9 Å². The van der Waals surface area contributed by atoms with E-state index in [1.807, 2.05) is 24.3 Å². The van der Waals surface area contributed by atoms with E-state index in [9.17, 15) is 13.2 Å². The zero-order chi connectivity index (χ0) is 22.2. The number of nitrogens with zero attached hydrogens (tertiary/aromatic N) is 1. The van der Waals surface area contributed by atoms with Gasteiger partial charge in [-0.25, -0.2) is 13.2 Å². The second kappa shape index (κ2) is 8.95. The number of morpholine rings is 1. The second-order valence-corrected chi connectivity index (χ2v) is 12.5. The first kappa shape index (κ1) is 22.2. The van der Waals surface area contributed by atoms with Gasteiger partial charge >= 0.3 is 6.03 Å². The first-order valence-electron chi connectivity index (χ1n) is 12.0. The molecule has 1 saturated heterocycles. The van der Waals surface area contributed by atoms with Crippen LogP contribution < -0.4 is 10.6 Å². The van der Waals surface area contributed by atoms with Crippen molar-refractivity contribution in [2.45, 2.75) is 50.8 Å². The molecule has 1 aromatic carbocycles. The summed E-state index contributed by atoms with van der Waals surface area (Å²) in [7, 11) is -3.41. The van der Waals surface area contributed by atoms with Crippen LogP contribution in [0.4, 0.5) is 4.79 Å². The molecule has 32 heavy (non-hydrogen) atoms. The molecule has 7 nitrogen and oxygen atoms in total. The fourth-order valence-electron chi connectivity index (χ4n) is 7.00. The Hall–Kier alpha value is -1.64. The maximum Gasteiger partial charge on any atom is 0.315 e. The van der Waals surface area contributed by atoms with Crippen LogP contribution in [0.1, 0.15) is 49.7 Å². The van der Waals surface area contributed by atoms with E-state index >= 15 is 0 Å². The molecule has 1 heterocycles. The van der Waals surface area contributed by atoms with Gasteiger partial charge < -0.3 is 15.4 Å². The van der Waals surface area contributed by atoms with Gasteiger partial charge in [-0.05, 0) is 72.8 Å². The van der Waals surface area contributed by atoms with Crippen LogP contribution in [0.5, 0.6) is 0 Å². The predicted molar refractivity (Wildman–Crippen MR) is 122 cm³/mol. The van der Waals surface area contributed by atoms with Gasteiger partial charge in [-0.15, -0.1) is 0 Å². The summed E-state index contributed by atoms with van der Waals surface area (Å²) in [6.45, 7) is 2.75. The monoisotopic (exact) mass is 461 g/mol. The fourth-order valence-corrected chi connectivity index (χ4v) is 8.56. The van der Waals surface area contributed by atoms with Crippen LogP contribution in [0.3, 0.4) is 0 Å². The van der Waals surface area contributed by atoms with Gasteiger partial charge in [0.25, 0.3) is 0 Å². The van der Waals surface area contributed by atoms with Gasteiger partial charge in [-0.3, -0.25) is 0 Å². The molecule has 176 valence electrons. The zero-order valence-corrected chi connectivity index (χ0v) is 19.5. The number of nitrogens with one attached hydrogen (secondary N) is 2. The number of ether oxygens (including phenoxy) is 1.